The van der Waals surface area contributed by atoms with Crippen LogP contribution in [0.5, 0.6) is 0 Å². The van der Waals surface area contributed by atoms with Crippen molar-refractivity contribution in [3.8, 4) is 0 Å². The molecule has 0 saturated carbocycles. The van der Waals surface area contributed by atoms with Crippen molar-refractivity contribution in [1.82, 2.24) is 20.5 Å². The quantitative estimate of drug-likeness (QED) is 0.303. The maximum atomic E-state index is 14.2. The van der Waals surface area contributed by atoms with Crippen LogP contribution >= 0.6 is 35.3 Å². The fourth-order valence-corrected chi connectivity index (χ4v) is 3.73. The summed E-state index contributed by atoms with van der Waals surface area (Å²) < 4.78 is 28.4. The van der Waals surface area contributed by atoms with Gasteiger partial charge in [0.2, 0.25) is 0 Å². The van der Waals surface area contributed by atoms with E-state index in [2.05, 4.69) is 27.5 Å². The van der Waals surface area contributed by atoms with E-state index in [9.17, 15) is 8.78 Å². The summed E-state index contributed by atoms with van der Waals surface area (Å²) in [5.41, 5.74) is 1.11. The number of likely N-dealkylation sites (N-methyl/N-ethyl adjacent to an activating group) is 1. The number of hydrogen-bond acceptors (Lipinski definition) is 4. The zero-order valence-electron chi connectivity index (χ0n) is 17.6. The minimum absolute atomic E-state index is 0. The molecule has 0 amide bonds. The first-order chi connectivity index (χ1) is 13.3. The highest BCUT2D eigenvalue weighted by Crippen LogP contribution is 2.24. The van der Waals surface area contributed by atoms with Crippen LogP contribution in [0, 0.1) is 25.5 Å². The molecule has 1 heterocycles. The molecule has 162 valence electrons. The molecule has 1 atom stereocenters. The van der Waals surface area contributed by atoms with E-state index in [1.54, 1.807) is 30.3 Å². The average Bonchev–Trinajstić information content (AvgIpc) is 2.94. The molecular formula is C20H30F2IN5S. The fourth-order valence-electron chi connectivity index (χ4n) is 2.80. The van der Waals surface area contributed by atoms with Gasteiger partial charge in [-0.1, -0.05) is 6.07 Å². The summed E-state index contributed by atoms with van der Waals surface area (Å²) in [5, 5.41) is 7.53. The first-order valence-corrected chi connectivity index (χ1v) is 10.2. The summed E-state index contributed by atoms with van der Waals surface area (Å²) in [6.07, 6.45) is 0.794. The summed E-state index contributed by atoms with van der Waals surface area (Å²) in [7, 11) is 3.58. The van der Waals surface area contributed by atoms with Crippen molar-refractivity contribution in [2.45, 2.75) is 33.2 Å². The largest absolute Gasteiger partial charge is 0.357 e. The van der Waals surface area contributed by atoms with Gasteiger partial charge in [-0.3, -0.25) is 4.99 Å². The van der Waals surface area contributed by atoms with Gasteiger partial charge < -0.3 is 15.5 Å². The minimum Gasteiger partial charge on any atom is -0.357 e. The highest BCUT2D eigenvalue weighted by atomic mass is 127. The molecule has 1 unspecified atom stereocenters. The molecule has 2 N–H and O–H groups in total. The van der Waals surface area contributed by atoms with Gasteiger partial charge in [-0.15, -0.1) is 35.3 Å². The Bertz CT molecular complexity index is 770. The highest BCUT2D eigenvalue weighted by Gasteiger charge is 2.22. The molecule has 2 aromatic rings. The van der Waals surface area contributed by atoms with E-state index >= 15 is 0 Å². The first-order valence-electron chi connectivity index (χ1n) is 9.38. The number of guanidine groups is 1. The maximum absolute atomic E-state index is 14.2. The van der Waals surface area contributed by atoms with E-state index in [1.807, 2.05) is 13.8 Å². The normalized spacial score (nSPS) is 12.6. The van der Waals surface area contributed by atoms with Crippen molar-refractivity contribution < 1.29 is 8.78 Å². The third kappa shape index (κ3) is 7.45. The van der Waals surface area contributed by atoms with Gasteiger partial charge in [0.1, 0.15) is 11.6 Å². The summed E-state index contributed by atoms with van der Waals surface area (Å²) >= 11 is 1.70. The van der Waals surface area contributed by atoms with Gasteiger partial charge in [0.25, 0.3) is 0 Å². The topological polar surface area (TPSA) is 52.6 Å². The predicted molar refractivity (Wildman–Crippen MR) is 127 cm³/mol. The lowest BCUT2D eigenvalue weighted by Crippen LogP contribution is -2.39. The van der Waals surface area contributed by atoms with E-state index < -0.39 is 17.7 Å². The smallest absolute Gasteiger partial charge is 0.191 e. The minimum atomic E-state index is -0.554. The maximum Gasteiger partial charge on any atom is 0.191 e. The number of nitrogens with zero attached hydrogens (tertiary/aromatic N) is 3. The van der Waals surface area contributed by atoms with Crippen LogP contribution in [0.3, 0.4) is 0 Å². The molecule has 0 bridgehead atoms. The second-order valence-corrected chi connectivity index (χ2v) is 8.05. The Morgan fingerprint density at radius 2 is 1.86 bits per heavy atom. The Balaban J connectivity index is 0.00000420. The molecule has 0 spiro atoms. The van der Waals surface area contributed by atoms with E-state index in [1.165, 1.54) is 23.1 Å². The summed E-state index contributed by atoms with van der Waals surface area (Å²) in [4.78, 5) is 12.1. The average molecular weight is 537 g/mol. The Morgan fingerprint density at radius 1 is 1.21 bits per heavy atom. The van der Waals surface area contributed by atoms with E-state index in [4.69, 9.17) is 0 Å². The van der Waals surface area contributed by atoms with Crippen molar-refractivity contribution in [3.63, 3.8) is 0 Å². The van der Waals surface area contributed by atoms with Crippen molar-refractivity contribution in [1.29, 1.82) is 0 Å². The monoisotopic (exact) mass is 537 g/mol. The van der Waals surface area contributed by atoms with Gasteiger partial charge in [-0.2, -0.15) is 0 Å². The first kappa shape index (κ1) is 25.7. The molecule has 0 radical (unpaired) electrons. The lowest BCUT2D eigenvalue weighted by Gasteiger charge is -2.24. The standard InChI is InChI=1S/C20H29F2N5S.HI/c1-6-23-20(24-11-10-18-26-13(2)14(3)28-18)25-12-17(27(4)5)19-15(21)8-7-9-16(19)22;/h7-9,17H,6,10-12H2,1-5H3,(H2,23,24,25);1H. The van der Waals surface area contributed by atoms with Gasteiger partial charge in [-0.25, -0.2) is 13.8 Å². The second-order valence-electron chi connectivity index (χ2n) is 6.76. The van der Waals surface area contributed by atoms with E-state index in [0.717, 1.165) is 17.1 Å². The number of aromatic nitrogens is 1. The predicted octanol–water partition coefficient (Wildman–Crippen LogP) is 4.06. The van der Waals surface area contributed by atoms with Crippen molar-refractivity contribution in [2.75, 3.05) is 33.7 Å². The fraction of sp³-hybridized carbons (Fsp3) is 0.500. The van der Waals surface area contributed by atoms with Crippen LogP contribution in [0.2, 0.25) is 0 Å². The molecule has 1 aromatic carbocycles. The zero-order valence-corrected chi connectivity index (χ0v) is 20.7. The molecule has 0 saturated heterocycles. The zero-order chi connectivity index (χ0) is 20.7. The molecule has 0 aliphatic heterocycles. The molecule has 5 nitrogen and oxygen atoms in total. The van der Waals surface area contributed by atoms with E-state index in [-0.39, 0.29) is 36.1 Å². The summed E-state index contributed by atoms with van der Waals surface area (Å²) in [6.45, 7) is 7.66. The number of nitrogens with one attached hydrogen (secondary N) is 2. The summed E-state index contributed by atoms with van der Waals surface area (Å²) in [6, 6.07) is 3.43. The second kappa shape index (κ2) is 12.4. The number of thiazole rings is 1. The van der Waals surface area contributed by atoms with Gasteiger partial charge in [0.15, 0.2) is 5.96 Å². The van der Waals surface area contributed by atoms with Crippen LogP contribution in [0.1, 0.15) is 34.1 Å². The number of hydrogen-bond donors (Lipinski definition) is 2. The van der Waals surface area contributed by atoms with Gasteiger partial charge in [0.05, 0.1) is 23.3 Å². The number of aliphatic imine (C=N–C) groups is 1. The van der Waals surface area contributed by atoms with Crippen LogP contribution in [-0.2, 0) is 6.42 Å². The molecule has 29 heavy (non-hydrogen) atoms. The Morgan fingerprint density at radius 3 is 2.38 bits per heavy atom. The van der Waals surface area contributed by atoms with Crippen LogP contribution in [-0.4, -0.2) is 49.6 Å². The van der Waals surface area contributed by atoms with Gasteiger partial charge in [-0.05, 0) is 47.0 Å². The van der Waals surface area contributed by atoms with Crippen LogP contribution in [0.15, 0.2) is 23.2 Å². The van der Waals surface area contributed by atoms with Crippen molar-refractivity contribution in [3.05, 3.63) is 51.0 Å². The number of aryl methyl sites for hydroxylation is 2. The van der Waals surface area contributed by atoms with Crippen LogP contribution in [0.25, 0.3) is 0 Å². The molecule has 9 heteroatoms. The van der Waals surface area contributed by atoms with Gasteiger partial charge in [0, 0.05) is 30.0 Å². The van der Waals surface area contributed by atoms with Crippen LogP contribution < -0.4 is 10.6 Å². The van der Waals surface area contributed by atoms with Crippen molar-refractivity contribution in [2.24, 2.45) is 4.99 Å². The Hall–Kier alpha value is -1.33. The number of rotatable bonds is 8. The summed E-state index contributed by atoms with van der Waals surface area (Å²) in [5.74, 6) is -0.487. The lowest BCUT2D eigenvalue weighted by atomic mass is 10.0. The molecule has 0 fully saturated rings. The van der Waals surface area contributed by atoms with Crippen molar-refractivity contribution >= 4 is 41.3 Å². The molecule has 0 aliphatic carbocycles. The number of benzene rings is 1. The lowest BCUT2D eigenvalue weighted by molar-refractivity contribution is 0.290. The third-order valence-electron chi connectivity index (χ3n) is 4.43. The number of halogens is 3. The van der Waals surface area contributed by atoms with E-state index in [0.29, 0.717) is 19.0 Å². The Labute approximate surface area is 193 Å². The SMILES string of the molecule is CCNC(=NCC(c1c(F)cccc1F)N(C)C)NCCc1nc(C)c(C)s1.I. The molecular weight excluding hydrogens is 507 g/mol. The Kier molecular flexibility index (Phi) is 11.0. The van der Waals surface area contributed by atoms with Gasteiger partial charge >= 0.3 is 0 Å². The molecule has 2 rings (SSSR count). The molecule has 1 aromatic heterocycles. The third-order valence-corrected chi connectivity index (χ3v) is 5.56. The molecule has 0 aliphatic rings. The van der Waals surface area contributed by atoms with Crippen LogP contribution in [0.4, 0.5) is 8.78 Å². The highest BCUT2D eigenvalue weighted by molar-refractivity contribution is 14.0.